The standard InChI is InChI=1S/C17H16ClN3O2/c1-22-13-8-6-12(7-9-13)10-19-11-16-20-21-17(23-16)14-4-2-3-5-15(14)18/h2-9,19H,10-11H2,1H3. The molecule has 0 aliphatic carbocycles. The summed E-state index contributed by atoms with van der Waals surface area (Å²) >= 11 is 6.12. The van der Waals surface area contributed by atoms with Crippen LogP contribution in [0.2, 0.25) is 5.02 Å². The Labute approximate surface area is 139 Å². The van der Waals surface area contributed by atoms with Gasteiger partial charge < -0.3 is 14.5 Å². The zero-order chi connectivity index (χ0) is 16.1. The second-order valence-corrected chi connectivity index (χ2v) is 5.34. The zero-order valence-corrected chi connectivity index (χ0v) is 13.4. The van der Waals surface area contributed by atoms with Crippen molar-refractivity contribution in [3.8, 4) is 17.2 Å². The van der Waals surface area contributed by atoms with Crippen molar-refractivity contribution in [3.05, 3.63) is 65.0 Å². The lowest BCUT2D eigenvalue weighted by molar-refractivity contribution is 0.414. The second-order valence-electron chi connectivity index (χ2n) is 4.93. The van der Waals surface area contributed by atoms with Gasteiger partial charge in [0.05, 0.1) is 24.2 Å². The molecule has 1 N–H and O–H groups in total. The molecule has 0 saturated carbocycles. The van der Waals surface area contributed by atoms with E-state index in [1.54, 1.807) is 13.2 Å². The monoisotopic (exact) mass is 329 g/mol. The van der Waals surface area contributed by atoms with Crippen LogP contribution < -0.4 is 10.1 Å². The van der Waals surface area contributed by atoms with Crippen molar-refractivity contribution in [2.45, 2.75) is 13.1 Å². The fraction of sp³-hybridized carbons (Fsp3) is 0.176. The van der Waals surface area contributed by atoms with Crippen molar-refractivity contribution in [3.63, 3.8) is 0 Å². The van der Waals surface area contributed by atoms with Crippen molar-refractivity contribution in [1.82, 2.24) is 15.5 Å². The van der Waals surface area contributed by atoms with Crippen LogP contribution in [0, 0.1) is 0 Å². The van der Waals surface area contributed by atoms with E-state index in [4.69, 9.17) is 20.8 Å². The number of halogens is 1. The lowest BCUT2D eigenvalue weighted by Crippen LogP contribution is -2.12. The summed E-state index contributed by atoms with van der Waals surface area (Å²) in [5, 5.41) is 11.9. The summed E-state index contributed by atoms with van der Waals surface area (Å²) in [7, 11) is 1.65. The summed E-state index contributed by atoms with van der Waals surface area (Å²) in [5.74, 6) is 1.79. The van der Waals surface area contributed by atoms with Crippen molar-refractivity contribution >= 4 is 11.6 Å². The molecular formula is C17H16ClN3O2. The maximum atomic E-state index is 6.12. The number of benzene rings is 2. The van der Waals surface area contributed by atoms with E-state index in [-0.39, 0.29) is 0 Å². The molecule has 0 aliphatic rings. The summed E-state index contributed by atoms with van der Waals surface area (Å²) < 4.78 is 10.8. The van der Waals surface area contributed by atoms with E-state index in [0.717, 1.165) is 16.9 Å². The van der Waals surface area contributed by atoms with Gasteiger partial charge >= 0.3 is 0 Å². The van der Waals surface area contributed by atoms with Crippen LogP contribution in [0.25, 0.3) is 11.5 Å². The van der Waals surface area contributed by atoms with Crippen LogP contribution in [0.5, 0.6) is 5.75 Å². The van der Waals surface area contributed by atoms with Crippen molar-refractivity contribution in [1.29, 1.82) is 0 Å². The van der Waals surface area contributed by atoms with E-state index in [9.17, 15) is 0 Å². The molecule has 6 heteroatoms. The third-order valence-electron chi connectivity index (χ3n) is 3.34. The number of hydrogen-bond acceptors (Lipinski definition) is 5. The van der Waals surface area contributed by atoms with E-state index >= 15 is 0 Å². The third kappa shape index (κ3) is 3.88. The average molecular weight is 330 g/mol. The number of methoxy groups -OCH3 is 1. The molecule has 1 heterocycles. The minimum atomic E-state index is 0.428. The first-order valence-corrected chi connectivity index (χ1v) is 7.55. The van der Waals surface area contributed by atoms with Gasteiger partial charge in [0.1, 0.15) is 5.75 Å². The Bertz CT molecular complexity index is 772. The molecule has 1 aromatic heterocycles. The summed E-state index contributed by atoms with van der Waals surface area (Å²) in [6, 6.07) is 15.3. The Hall–Kier alpha value is -2.37. The van der Waals surface area contributed by atoms with Gasteiger partial charge in [0.25, 0.3) is 0 Å². The van der Waals surface area contributed by atoms with E-state index in [1.165, 1.54) is 0 Å². The van der Waals surface area contributed by atoms with E-state index in [1.807, 2.05) is 42.5 Å². The molecule has 3 rings (SSSR count). The number of nitrogens with zero attached hydrogens (tertiary/aromatic N) is 2. The van der Waals surface area contributed by atoms with Crippen molar-refractivity contribution in [2.24, 2.45) is 0 Å². The van der Waals surface area contributed by atoms with E-state index < -0.39 is 0 Å². The summed E-state index contributed by atoms with van der Waals surface area (Å²) in [4.78, 5) is 0. The first-order valence-electron chi connectivity index (χ1n) is 7.17. The Balaban J connectivity index is 1.58. The van der Waals surface area contributed by atoms with Crippen LogP contribution in [-0.4, -0.2) is 17.3 Å². The minimum absolute atomic E-state index is 0.428. The van der Waals surface area contributed by atoms with Crippen LogP contribution in [0.1, 0.15) is 11.5 Å². The van der Waals surface area contributed by atoms with Gasteiger partial charge in [-0.3, -0.25) is 0 Å². The summed E-state index contributed by atoms with van der Waals surface area (Å²) in [6.07, 6.45) is 0. The molecule has 2 aromatic carbocycles. The highest BCUT2D eigenvalue weighted by atomic mass is 35.5. The van der Waals surface area contributed by atoms with Gasteiger partial charge in [-0.2, -0.15) is 0 Å². The van der Waals surface area contributed by atoms with Crippen LogP contribution in [0.15, 0.2) is 52.9 Å². The molecule has 0 spiro atoms. The van der Waals surface area contributed by atoms with Crippen molar-refractivity contribution in [2.75, 3.05) is 7.11 Å². The summed E-state index contributed by atoms with van der Waals surface area (Å²) in [6.45, 7) is 1.19. The maximum absolute atomic E-state index is 6.12. The fourth-order valence-corrected chi connectivity index (χ4v) is 2.34. The lowest BCUT2D eigenvalue weighted by atomic mass is 10.2. The molecule has 0 fully saturated rings. The lowest BCUT2D eigenvalue weighted by Gasteiger charge is -2.04. The quantitative estimate of drug-likeness (QED) is 0.747. The van der Waals surface area contributed by atoms with Gasteiger partial charge in [0.15, 0.2) is 0 Å². The van der Waals surface area contributed by atoms with Gasteiger partial charge in [-0.15, -0.1) is 10.2 Å². The van der Waals surface area contributed by atoms with E-state index in [0.29, 0.717) is 29.9 Å². The topological polar surface area (TPSA) is 60.2 Å². The fourth-order valence-electron chi connectivity index (χ4n) is 2.13. The van der Waals surface area contributed by atoms with E-state index in [2.05, 4.69) is 15.5 Å². The highest BCUT2D eigenvalue weighted by Crippen LogP contribution is 2.26. The molecule has 0 saturated heterocycles. The Morgan fingerprint density at radius 2 is 1.83 bits per heavy atom. The number of rotatable bonds is 6. The SMILES string of the molecule is COc1ccc(CNCc2nnc(-c3ccccc3Cl)o2)cc1. The minimum Gasteiger partial charge on any atom is -0.497 e. The van der Waals surface area contributed by atoms with Crippen LogP contribution in [0.4, 0.5) is 0 Å². The molecule has 3 aromatic rings. The predicted molar refractivity (Wildman–Crippen MR) is 88.3 cm³/mol. The third-order valence-corrected chi connectivity index (χ3v) is 3.67. The second kappa shape index (κ2) is 7.26. The Kier molecular flexibility index (Phi) is 4.90. The number of nitrogens with one attached hydrogen (secondary N) is 1. The Morgan fingerprint density at radius 3 is 2.57 bits per heavy atom. The number of hydrogen-bond donors (Lipinski definition) is 1. The molecule has 0 radical (unpaired) electrons. The van der Waals surface area contributed by atoms with Crippen LogP contribution in [-0.2, 0) is 13.1 Å². The van der Waals surface area contributed by atoms with Crippen molar-refractivity contribution < 1.29 is 9.15 Å². The molecule has 0 atom stereocenters. The van der Waals surface area contributed by atoms with Gasteiger partial charge in [-0.25, -0.2) is 0 Å². The molecule has 23 heavy (non-hydrogen) atoms. The largest absolute Gasteiger partial charge is 0.497 e. The predicted octanol–water partition coefficient (Wildman–Crippen LogP) is 3.69. The first-order chi connectivity index (χ1) is 11.3. The molecule has 0 bridgehead atoms. The van der Waals surface area contributed by atoms with Gasteiger partial charge in [-0.1, -0.05) is 35.9 Å². The molecule has 0 amide bonds. The Morgan fingerprint density at radius 1 is 1.04 bits per heavy atom. The zero-order valence-electron chi connectivity index (χ0n) is 12.6. The number of ether oxygens (including phenoxy) is 1. The van der Waals surface area contributed by atoms with Crippen LogP contribution in [0.3, 0.4) is 0 Å². The molecular weight excluding hydrogens is 314 g/mol. The molecule has 0 unspecified atom stereocenters. The normalized spacial score (nSPS) is 10.7. The van der Waals surface area contributed by atoms with Gasteiger partial charge in [0.2, 0.25) is 11.8 Å². The summed E-state index contributed by atoms with van der Waals surface area (Å²) in [5.41, 5.74) is 1.89. The first kappa shape index (κ1) is 15.5. The number of aromatic nitrogens is 2. The van der Waals surface area contributed by atoms with Crippen LogP contribution >= 0.6 is 11.6 Å². The maximum Gasteiger partial charge on any atom is 0.249 e. The van der Waals surface area contributed by atoms with Gasteiger partial charge in [0, 0.05) is 6.54 Å². The molecule has 118 valence electrons. The highest BCUT2D eigenvalue weighted by Gasteiger charge is 2.11. The highest BCUT2D eigenvalue weighted by molar-refractivity contribution is 6.33. The smallest absolute Gasteiger partial charge is 0.249 e. The molecule has 5 nitrogen and oxygen atoms in total. The average Bonchev–Trinajstić information content (AvgIpc) is 3.04. The van der Waals surface area contributed by atoms with Gasteiger partial charge in [-0.05, 0) is 29.8 Å². The molecule has 0 aliphatic heterocycles.